The second-order valence-corrected chi connectivity index (χ2v) is 4.51. The molecule has 1 N–H and O–H groups in total. The Morgan fingerprint density at radius 2 is 2.00 bits per heavy atom. The lowest BCUT2D eigenvalue weighted by Gasteiger charge is -2.05. The number of carbonyl (C=O) groups is 1. The normalized spacial score (nSPS) is 10.8. The van der Waals surface area contributed by atoms with Gasteiger partial charge in [0, 0.05) is 11.3 Å². The maximum absolute atomic E-state index is 13.5. The standard InChI is InChI=1S/C17H13FN2O/c1-12-5-4-7-15(9-12)20-17(21)14(11-19)10-13-6-2-3-8-16(13)18/h2-10H,1H3,(H,20,21)/b14-10+. The molecule has 0 bridgehead atoms. The lowest BCUT2D eigenvalue weighted by Crippen LogP contribution is -2.13. The maximum atomic E-state index is 13.5. The van der Waals surface area contributed by atoms with E-state index in [1.807, 2.05) is 13.0 Å². The molecule has 2 aromatic rings. The highest BCUT2D eigenvalue weighted by atomic mass is 19.1. The third-order valence-electron chi connectivity index (χ3n) is 2.85. The summed E-state index contributed by atoms with van der Waals surface area (Å²) in [5.41, 5.74) is 1.63. The van der Waals surface area contributed by atoms with Gasteiger partial charge in [-0.2, -0.15) is 5.26 Å². The molecule has 0 atom stereocenters. The Morgan fingerprint density at radius 1 is 1.24 bits per heavy atom. The van der Waals surface area contributed by atoms with Gasteiger partial charge >= 0.3 is 0 Å². The monoisotopic (exact) mass is 280 g/mol. The van der Waals surface area contributed by atoms with Crippen molar-refractivity contribution in [1.82, 2.24) is 0 Å². The number of benzene rings is 2. The number of nitrogens with zero attached hydrogens (tertiary/aromatic N) is 1. The van der Waals surface area contributed by atoms with E-state index in [4.69, 9.17) is 5.26 Å². The summed E-state index contributed by atoms with van der Waals surface area (Å²) >= 11 is 0. The maximum Gasteiger partial charge on any atom is 0.266 e. The van der Waals surface area contributed by atoms with Gasteiger partial charge in [0.2, 0.25) is 0 Å². The van der Waals surface area contributed by atoms with Crippen molar-refractivity contribution < 1.29 is 9.18 Å². The van der Waals surface area contributed by atoms with Gasteiger partial charge in [0.1, 0.15) is 17.5 Å². The number of halogens is 1. The molecule has 0 aliphatic rings. The Balaban J connectivity index is 2.24. The fraction of sp³-hybridized carbons (Fsp3) is 0.0588. The lowest BCUT2D eigenvalue weighted by atomic mass is 10.1. The summed E-state index contributed by atoms with van der Waals surface area (Å²) in [6.07, 6.45) is 1.24. The first kappa shape index (κ1) is 14.5. The van der Waals surface area contributed by atoms with E-state index >= 15 is 0 Å². The Kier molecular flexibility index (Phi) is 4.47. The van der Waals surface area contributed by atoms with Gasteiger partial charge in [0.25, 0.3) is 5.91 Å². The van der Waals surface area contributed by atoms with Crippen LogP contribution in [0.4, 0.5) is 10.1 Å². The second kappa shape index (κ2) is 6.49. The molecule has 2 rings (SSSR count). The van der Waals surface area contributed by atoms with Gasteiger partial charge in [0.15, 0.2) is 0 Å². The van der Waals surface area contributed by atoms with Crippen LogP contribution in [-0.4, -0.2) is 5.91 Å². The molecular formula is C17H13FN2O. The SMILES string of the molecule is Cc1cccc(NC(=O)/C(C#N)=C/c2ccccc2F)c1. The molecule has 0 saturated carbocycles. The Morgan fingerprint density at radius 3 is 2.67 bits per heavy atom. The van der Waals surface area contributed by atoms with E-state index in [0.29, 0.717) is 5.69 Å². The number of aryl methyl sites for hydroxylation is 1. The Bertz CT molecular complexity index is 744. The van der Waals surface area contributed by atoms with Crippen LogP contribution in [0, 0.1) is 24.1 Å². The Labute approximate surface area is 122 Å². The van der Waals surface area contributed by atoms with Crippen molar-refractivity contribution in [1.29, 1.82) is 5.26 Å². The van der Waals surface area contributed by atoms with Crippen LogP contribution >= 0.6 is 0 Å². The quantitative estimate of drug-likeness (QED) is 0.688. The molecule has 3 nitrogen and oxygen atoms in total. The van der Waals surface area contributed by atoms with Crippen LogP contribution in [0.5, 0.6) is 0 Å². The van der Waals surface area contributed by atoms with Crippen LogP contribution in [0.2, 0.25) is 0 Å². The van der Waals surface area contributed by atoms with Gasteiger partial charge in [0.05, 0.1) is 0 Å². The summed E-state index contributed by atoms with van der Waals surface area (Å²) in [4.78, 5) is 12.0. The van der Waals surface area contributed by atoms with E-state index in [1.54, 1.807) is 36.4 Å². The summed E-state index contributed by atoms with van der Waals surface area (Å²) in [7, 11) is 0. The minimum absolute atomic E-state index is 0.151. The van der Waals surface area contributed by atoms with Crippen LogP contribution in [0.25, 0.3) is 6.08 Å². The molecule has 0 spiro atoms. The first-order valence-corrected chi connectivity index (χ1v) is 6.34. The van der Waals surface area contributed by atoms with E-state index < -0.39 is 11.7 Å². The molecule has 21 heavy (non-hydrogen) atoms. The number of nitrogens with one attached hydrogen (secondary N) is 1. The molecule has 4 heteroatoms. The third-order valence-corrected chi connectivity index (χ3v) is 2.85. The number of rotatable bonds is 3. The third kappa shape index (κ3) is 3.77. The van der Waals surface area contributed by atoms with Crippen molar-refractivity contribution in [3.63, 3.8) is 0 Å². The highest BCUT2D eigenvalue weighted by Crippen LogP contribution is 2.14. The summed E-state index contributed by atoms with van der Waals surface area (Å²) in [5, 5.41) is 11.7. The summed E-state index contributed by atoms with van der Waals surface area (Å²) in [6, 6.07) is 15.0. The van der Waals surface area contributed by atoms with Crippen molar-refractivity contribution >= 4 is 17.7 Å². The number of hydrogen-bond donors (Lipinski definition) is 1. The topological polar surface area (TPSA) is 52.9 Å². The molecule has 0 aliphatic carbocycles. The van der Waals surface area contributed by atoms with E-state index in [-0.39, 0.29) is 11.1 Å². The first-order valence-electron chi connectivity index (χ1n) is 6.34. The number of carbonyl (C=O) groups excluding carboxylic acids is 1. The van der Waals surface area contributed by atoms with Gasteiger partial charge < -0.3 is 5.32 Å². The van der Waals surface area contributed by atoms with Crippen molar-refractivity contribution in [2.75, 3.05) is 5.32 Å². The van der Waals surface area contributed by atoms with Crippen molar-refractivity contribution in [2.24, 2.45) is 0 Å². The van der Waals surface area contributed by atoms with Crippen LogP contribution < -0.4 is 5.32 Å². The van der Waals surface area contributed by atoms with Crippen LogP contribution in [0.1, 0.15) is 11.1 Å². The minimum Gasteiger partial charge on any atom is -0.321 e. The van der Waals surface area contributed by atoms with Crippen molar-refractivity contribution in [2.45, 2.75) is 6.92 Å². The number of hydrogen-bond acceptors (Lipinski definition) is 2. The molecule has 0 radical (unpaired) electrons. The van der Waals surface area contributed by atoms with E-state index in [0.717, 1.165) is 5.56 Å². The average molecular weight is 280 g/mol. The van der Waals surface area contributed by atoms with Crippen LogP contribution in [0.3, 0.4) is 0 Å². The van der Waals surface area contributed by atoms with Crippen LogP contribution in [-0.2, 0) is 4.79 Å². The molecule has 0 unspecified atom stereocenters. The fourth-order valence-electron chi connectivity index (χ4n) is 1.82. The molecule has 0 aliphatic heterocycles. The molecule has 104 valence electrons. The summed E-state index contributed by atoms with van der Waals surface area (Å²) in [6.45, 7) is 1.90. The molecule has 0 saturated heterocycles. The van der Waals surface area contributed by atoms with Gasteiger partial charge in [-0.3, -0.25) is 4.79 Å². The molecule has 1 amide bonds. The van der Waals surface area contributed by atoms with Crippen molar-refractivity contribution in [3.05, 3.63) is 71.0 Å². The first-order chi connectivity index (χ1) is 10.1. The largest absolute Gasteiger partial charge is 0.321 e. The zero-order chi connectivity index (χ0) is 15.2. The van der Waals surface area contributed by atoms with Gasteiger partial charge in [-0.05, 0) is 36.8 Å². The van der Waals surface area contributed by atoms with E-state index in [1.165, 1.54) is 18.2 Å². The highest BCUT2D eigenvalue weighted by molar-refractivity contribution is 6.09. The highest BCUT2D eigenvalue weighted by Gasteiger charge is 2.10. The molecule has 0 heterocycles. The van der Waals surface area contributed by atoms with Gasteiger partial charge in [-0.1, -0.05) is 30.3 Å². The zero-order valence-corrected chi connectivity index (χ0v) is 11.4. The predicted octanol–water partition coefficient (Wildman–Crippen LogP) is 3.68. The summed E-state index contributed by atoms with van der Waals surface area (Å²) < 4.78 is 13.5. The predicted molar refractivity (Wildman–Crippen MR) is 79.8 cm³/mol. The number of anilines is 1. The van der Waals surface area contributed by atoms with Crippen LogP contribution in [0.15, 0.2) is 54.1 Å². The molecule has 0 aromatic heterocycles. The Hall–Kier alpha value is -2.93. The van der Waals surface area contributed by atoms with Gasteiger partial charge in [-0.25, -0.2) is 4.39 Å². The second-order valence-electron chi connectivity index (χ2n) is 4.51. The lowest BCUT2D eigenvalue weighted by molar-refractivity contribution is -0.112. The van der Waals surface area contributed by atoms with E-state index in [9.17, 15) is 9.18 Å². The zero-order valence-electron chi connectivity index (χ0n) is 11.4. The molecule has 0 fully saturated rings. The van der Waals surface area contributed by atoms with Gasteiger partial charge in [-0.15, -0.1) is 0 Å². The smallest absolute Gasteiger partial charge is 0.266 e. The average Bonchev–Trinajstić information content (AvgIpc) is 2.46. The van der Waals surface area contributed by atoms with Crippen molar-refractivity contribution in [3.8, 4) is 6.07 Å². The number of nitriles is 1. The number of amides is 1. The fourth-order valence-corrected chi connectivity index (χ4v) is 1.82. The minimum atomic E-state index is -0.564. The molecular weight excluding hydrogens is 267 g/mol. The summed E-state index contributed by atoms with van der Waals surface area (Å²) in [5.74, 6) is -1.04. The van der Waals surface area contributed by atoms with E-state index in [2.05, 4.69) is 5.32 Å². The molecule has 2 aromatic carbocycles.